The molecule has 0 aliphatic heterocycles. The van der Waals surface area contributed by atoms with Crippen molar-refractivity contribution in [2.45, 2.75) is 26.3 Å². The van der Waals surface area contributed by atoms with Crippen molar-refractivity contribution < 1.29 is 14.3 Å². The van der Waals surface area contributed by atoms with E-state index < -0.39 is 0 Å². The van der Waals surface area contributed by atoms with Crippen LogP contribution in [0.5, 0.6) is 5.75 Å². The molecule has 0 bridgehead atoms. The second-order valence-electron chi connectivity index (χ2n) is 6.37. The number of aliphatic imine (C=N–C) groups is 1. The first-order valence-corrected chi connectivity index (χ1v) is 9.07. The zero-order valence-electron chi connectivity index (χ0n) is 16.3. The Morgan fingerprint density at radius 3 is 2.59 bits per heavy atom. The van der Waals surface area contributed by atoms with E-state index in [0.717, 1.165) is 29.7 Å². The van der Waals surface area contributed by atoms with Gasteiger partial charge < -0.3 is 25.4 Å². The molecule has 0 spiro atoms. The van der Waals surface area contributed by atoms with Gasteiger partial charge in [0.25, 0.3) is 0 Å². The number of rotatable bonds is 10. The highest BCUT2D eigenvalue weighted by Gasteiger charge is 2.28. The van der Waals surface area contributed by atoms with Crippen LogP contribution in [-0.2, 0) is 16.1 Å². The summed E-state index contributed by atoms with van der Waals surface area (Å²) in [5.41, 5.74) is 2.20. The van der Waals surface area contributed by atoms with E-state index in [0.29, 0.717) is 38.8 Å². The van der Waals surface area contributed by atoms with Crippen LogP contribution in [0.3, 0.4) is 0 Å². The fourth-order valence-electron chi connectivity index (χ4n) is 2.43. The quantitative estimate of drug-likeness (QED) is 0.202. The Morgan fingerprint density at radius 2 is 1.93 bits per heavy atom. The number of amides is 1. The van der Waals surface area contributed by atoms with Gasteiger partial charge in [-0.15, -0.1) is 24.0 Å². The summed E-state index contributed by atoms with van der Waals surface area (Å²) >= 11 is 0. The SMILES string of the molecule is CN=C(NCCNC(=O)C1CC1)NCc1ccc(C)cc1OCCOC.I. The number of guanidine groups is 1. The average molecular weight is 490 g/mol. The number of aryl methyl sites for hydroxylation is 1. The van der Waals surface area contributed by atoms with Crippen LogP contribution < -0.4 is 20.7 Å². The van der Waals surface area contributed by atoms with Crippen molar-refractivity contribution in [1.29, 1.82) is 0 Å². The van der Waals surface area contributed by atoms with Gasteiger partial charge >= 0.3 is 0 Å². The summed E-state index contributed by atoms with van der Waals surface area (Å²) < 4.78 is 10.8. The summed E-state index contributed by atoms with van der Waals surface area (Å²) in [4.78, 5) is 15.8. The highest BCUT2D eigenvalue weighted by atomic mass is 127. The zero-order valence-corrected chi connectivity index (χ0v) is 18.7. The van der Waals surface area contributed by atoms with Crippen LogP contribution in [0.1, 0.15) is 24.0 Å². The Balaban J connectivity index is 0.00000364. The number of nitrogens with zero attached hydrogens (tertiary/aromatic N) is 1. The molecular formula is C19H31IN4O3. The topological polar surface area (TPSA) is 84.0 Å². The van der Waals surface area contributed by atoms with Gasteiger partial charge in [-0.2, -0.15) is 0 Å². The third-order valence-corrected chi connectivity index (χ3v) is 4.10. The molecular weight excluding hydrogens is 459 g/mol. The van der Waals surface area contributed by atoms with E-state index in [1.165, 1.54) is 0 Å². The molecule has 1 aliphatic rings. The van der Waals surface area contributed by atoms with E-state index in [9.17, 15) is 4.79 Å². The molecule has 0 heterocycles. The lowest BCUT2D eigenvalue weighted by atomic mass is 10.1. The molecule has 1 aliphatic carbocycles. The molecule has 1 amide bonds. The number of ether oxygens (including phenoxy) is 2. The standard InChI is InChI=1S/C19H30N4O3.HI/c1-14-4-5-16(17(12-14)26-11-10-25-3)13-23-19(20-2)22-9-8-21-18(24)15-6-7-15;/h4-5,12,15H,6-11,13H2,1-3H3,(H,21,24)(H2,20,22,23);1H. The van der Waals surface area contributed by atoms with Gasteiger partial charge in [-0.05, 0) is 31.4 Å². The minimum absolute atomic E-state index is 0. The van der Waals surface area contributed by atoms with Gasteiger partial charge in [-0.1, -0.05) is 12.1 Å². The van der Waals surface area contributed by atoms with Crippen LogP contribution >= 0.6 is 24.0 Å². The first kappa shape index (κ1) is 23.5. The predicted octanol–water partition coefficient (Wildman–Crippen LogP) is 1.83. The molecule has 1 aromatic rings. The Bertz CT molecular complexity index is 621. The number of carbonyl (C=O) groups excluding carboxylic acids is 1. The van der Waals surface area contributed by atoms with Crippen molar-refractivity contribution in [3.05, 3.63) is 29.3 Å². The maximum atomic E-state index is 11.6. The van der Waals surface area contributed by atoms with Crippen LogP contribution in [0.4, 0.5) is 0 Å². The molecule has 3 N–H and O–H groups in total. The monoisotopic (exact) mass is 490 g/mol. The van der Waals surface area contributed by atoms with E-state index in [2.05, 4.69) is 27.0 Å². The number of halogens is 1. The van der Waals surface area contributed by atoms with Gasteiger partial charge in [-0.3, -0.25) is 9.79 Å². The molecule has 0 unspecified atom stereocenters. The Hall–Kier alpha value is -1.55. The Morgan fingerprint density at radius 1 is 1.19 bits per heavy atom. The van der Waals surface area contributed by atoms with Gasteiger partial charge in [-0.25, -0.2) is 0 Å². The van der Waals surface area contributed by atoms with Crippen molar-refractivity contribution in [3.8, 4) is 5.75 Å². The third-order valence-electron chi connectivity index (χ3n) is 4.10. The van der Waals surface area contributed by atoms with Gasteiger partial charge in [0.15, 0.2) is 5.96 Å². The molecule has 1 saturated carbocycles. The van der Waals surface area contributed by atoms with Crippen molar-refractivity contribution in [2.75, 3.05) is 40.5 Å². The molecule has 7 nitrogen and oxygen atoms in total. The number of hydrogen-bond acceptors (Lipinski definition) is 4. The summed E-state index contributed by atoms with van der Waals surface area (Å²) in [5.74, 6) is 1.94. The van der Waals surface area contributed by atoms with Crippen LogP contribution in [0.25, 0.3) is 0 Å². The summed E-state index contributed by atoms with van der Waals surface area (Å²) in [6, 6.07) is 6.13. The normalized spacial score (nSPS) is 13.5. The van der Waals surface area contributed by atoms with E-state index >= 15 is 0 Å². The first-order valence-electron chi connectivity index (χ1n) is 9.07. The second-order valence-corrected chi connectivity index (χ2v) is 6.37. The smallest absolute Gasteiger partial charge is 0.223 e. The fraction of sp³-hybridized carbons (Fsp3) is 0.579. The van der Waals surface area contributed by atoms with E-state index in [-0.39, 0.29) is 35.8 Å². The number of benzene rings is 1. The van der Waals surface area contributed by atoms with E-state index in [1.807, 2.05) is 19.1 Å². The second kappa shape index (κ2) is 12.8. The average Bonchev–Trinajstić information content (AvgIpc) is 3.47. The molecule has 0 atom stereocenters. The molecule has 1 fully saturated rings. The molecule has 8 heteroatoms. The van der Waals surface area contributed by atoms with E-state index in [4.69, 9.17) is 9.47 Å². The van der Waals surface area contributed by atoms with Crippen LogP contribution in [0, 0.1) is 12.8 Å². The van der Waals surface area contributed by atoms with Crippen LogP contribution in [0.2, 0.25) is 0 Å². The fourth-order valence-corrected chi connectivity index (χ4v) is 2.43. The molecule has 152 valence electrons. The lowest BCUT2D eigenvalue weighted by molar-refractivity contribution is -0.122. The summed E-state index contributed by atoms with van der Waals surface area (Å²) in [6.45, 7) is 4.92. The van der Waals surface area contributed by atoms with Gasteiger partial charge in [0, 0.05) is 45.3 Å². The Labute approximate surface area is 178 Å². The van der Waals surface area contributed by atoms with Gasteiger partial charge in [0.2, 0.25) is 5.91 Å². The van der Waals surface area contributed by atoms with Crippen LogP contribution in [-0.4, -0.2) is 52.3 Å². The lowest BCUT2D eigenvalue weighted by Gasteiger charge is -2.15. The van der Waals surface area contributed by atoms with Gasteiger partial charge in [0.05, 0.1) is 6.61 Å². The van der Waals surface area contributed by atoms with E-state index in [1.54, 1.807) is 14.2 Å². The molecule has 2 rings (SSSR count). The minimum Gasteiger partial charge on any atom is -0.491 e. The molecule has 27 heavy (non-hydrogen) atoms. The highest BCUT2D eigenvalue weighted by Crippen LogP contribution is 2.28. The number of nitrogens with one attached hydrogen (secondary N) is 3. The zero-order chi connectivity index (χ0) is 18.8. The maximum Gasteiger partial charge on any atom is 0.223 e. The largest absolute Gasteiger partial charge is 0.491 e. The molecule has 0 saturated heterocycles. The minimum atomic E-state index is 0. The Kier molecular flexibility index (Phi) is 11.1. The number of methoxy groups -OCH3 is 1. The highest BCUT2D eigenvalue weighted by molar-refractivity contribution is 14.0. The molecule has 1 aromatic carbocycles. The summed E-state index contributed by atoms with van der Waals surface area (Å²) in [7, 11) is 3.38. The van der Waals surface area contributed by atoms with Crippen molar-refractivity contribution in [2.24, 2.45) is 10.9 Å². The molecule has 0 radical (unpaired) electrons. The third kappa shape index (κ3) is 8.79. The lowest BCUT2D eigenvalue weighted by Crippen LogP contribution is -2.41. The predicted molar refractivity (Wildman–Crippen MR) is 118 cm³/mol. The van der Waals surface area contributed by atoms with Gasteiger partial charge in [0.1, 0.15) is 12.4 Å². The maximum absolute atomic E-state index is 11.6. The molecule has 0 aromatic heterocycles. The summed E-state index contributed by atoms with van der Waals surface area (Å²) in [5, 5.41) is 9.40. The van der Waals surface area contributed by atoms with Crippen LogP contribution in [0.15, 0.2) is 23.2 Å². The number of carbonyl (C=O) groups is 1. The van der Waals surface area contributed by atoms with Crippen molar-refractivity contribution in [1.82, 2.24) is 16.0 Å². The van der Waals surface area contributed by atoms with Crippen molar-refractivity contribution >= 4 is 35.8 Å². The first-order chi connectivity index (χ1) is 12.6. The number of hydrogen-bond donors (Lipinski definition) is 3. The summed E-state index contributed by atoms with van der Waals surface area (Å²) in [6.07, 6.45) is 2.04. The van der Waals surface area contributed by atoms with Crippen molar-refractivity contribution in [3.63, 3.8) is 0 Å².